The van der Waals surface area contributed by atoms with E-state index in [4.69, 9.17) is 9.52 Å². The molecule has 0 unspecified atom stereocenters. The zero-order valence-electron chi connectivity index (χ0n) is 19.3. The third-order valence-electron chi connectivity index (χ3n) is 5.70. The Labute approximate surface area is 192 Å². The second-order valence-electron chi connectivity index (χ2n) is 8.29. The number of aldehydes is 1. The van der Waals surface area contributed by atoms with Crippen molar-refractivity contribution in [2.75, 3.05) is 20.1 Å². The molecule has 174 valence electrons. The number of aromatic hydroxyl groups is 1. The van der Waals surface area contributed by atoms with Crippen molar-refractivity contribution in [1.29, 1.82) is 5.26 Å². The molecule has 0 aliphatic carbocycles. The van der Waals surface area contributed by atoms with Crippen LogP contribution in [0.15, 0.2) is 39.0 Å². The van der Waals surface area contributed by atoms with E-state index in [1.807, 2.05) is 24.9 Å². The van der Waals surface area contributed by atoms with E-state index >= 15 is 0 Å². The molecule has 0 atom stereocenters. The molecular formula is C24H28FN5O3. The lowest BCUT2D eigenvalue weighted by Crippen LogP contribution is -2.37. The maximum Gasteiger partial charge on any atom is 0.168 e. The lowest BCUT2D eigenvalue weighted by molar-refractivity contribution is -0.105. The fourth-order valence-electron chi connectivity index (χ4n) is 3.77. The van der Waals surface area contributed by atoms with Gasteiger partial charge >= 0.3 is 0 Å². The number of amidine groups is 1. The van der Waals surface area contributed by atoms with Gasteiger partial charge in [0.15, 0.2) is 17.3 Å². The van der Waals surface area contributed by atoms with Crippen LogP contribution in [-0.2, 0) is 11.3 Å². The highest BCUT2D eigenvalue weighted by atomic mass is 19.1. The van der Waals surface area contributed by atoms with Crippen LogP contribution in [0.25, 0.3) is 11.3 Å². The highest BCUT2D eigenvalue weighted by Gasteiger charge is 2.22. The van der Waals surface area contributed by atoms with Crippen LogP contribution in [0.5, 0.6) is 5.75 Å². The highest BCUT2D eigenvalue weighted by molar-refractivity contribution is 5.84. The van der Waals surface area contributed by atoms with Crippen LogP contribution >= 0.6 is 0 Å². The van der Waals surface area contributed by atoms with E-state index in [-0.39, 0.29) is 16.9 Å². The summed E-state index contributed by atoms with van der Waals surface area (Å²) >= 11 is 0. The summed E-state index contributed by atoms with van der Waals surface area (Å²) in [5, 5.41) is 23.0. The van der Waals surface area contributed by atoms with Crippen molar-refractivity contribution in [2.24, 2.45) is 4.99 Å². The summed E-state index contributed by atoms with van der Waals surface area (Å²) in [6.07, 6.45) is 2.27. The molecule has 0 saturated carbocycles. The number of rotatable bonds is 7. The smallest absolute Gasteiger partial charge is 0.168 e. The van der Waals surface area contributed by atoms with Crippen molar-refractivity contribution in [2.45, 2.75) is 46.2 Å². The molecule has 3 rings (SSSR count). The lowest BCUT2D eigenvalue weighted by Gasteiger charge is -2.31. The first kappa shape index (κ1) is 24.1. The summed E-state index contributed by atoms with van der Waals surface area (Å²) in [4.78, 5) is 20.6. The number of benzene rings is 1. The molecule has 0 spiro atoms. The topological polar surface area (TPSA) is 106 Å². The summed E-state index contributed by atoms with van der Waals surface area (Å²) < 4.78 is 18.9. The molecular weight excluding hydrogens is 425 g/mol. The number of nitriles is 1. The number of hydrogen-bond acceptors (Lipinski definition) is 7. The van der Waals surface area contributed by atoms with Crippen molar-refractivity contribution in [3.63, 3.8) is 0 Å². The van der Waals surface area contributed by atoms with Gasteiger partial charge in [0.1, 0.15) is 23.9 Å². The van der Waals surface area contributed by atoms with E-state index in [0.717, 1.165) is 36.5 Å². The molecule has 2 heterocycles. The predicted octanol–water partition coefficient (Wildman–Crippen LogP) is 3.87. The van der Waals surface area contributed by atoms with E-state index in [2.05, 4.69) is 23.9 Å². The van der Waals surface area contributed by atoms with Gasteiger partial charge in [-0.15, -0.1) is 0 Å². The number of phenols is 1. The van der Waals surface area contributed by atoms with Gasteiger partial charge in [0.05, 0.1) is 17.8 Å². The Balaban J connectivity index is 1.81. The molecule has 0 bridgehead atoms. The van der Waals surface area contributed by atoms with E-state index in [1.54, 1.807) is 6.07 Å². The number of aliphatic imine (C=N–C) groups is 1. The fraction of sp³-hybridized carbons (Fsp3) is 0.417. The number of phenolic OH excluding ortho intramolecular Hbond substituents is 1. The number of carbonyl (C=O) groups excluding carboxylic acids is 1. The largest absolute Gasteiger partial charge is 0.505 e. The second kappa shape index (κ2) is 10.4. The minimum absolute atomic E-state index is 0.0400. The third kappa shape index (κ3) is 5.46. The van der Waals surface area contributed by atoms with Crippen molar-refractivity contribution in [3.05, 3.63) is 46.5 Å². The van der Waals surface area contributed by atoms with E-state index in [9.17, 15) is 19.6 Å². The number of carbonyl (C=O) groups is 1. The first-order valence-corrected chi connectivity index (χ1v) is 10.9. The van der Waals surface area contributed by atoms with Gasteiger partial charge in [-0.3, -0.25) is 9.69 Å². The minimum Gasteiger partial charge on any atom is -0.505 e. The average molecular weight is 454 g/mol. The van der Waals surface area contributed by atoms with Crippen LogP contribution in [0.1, 0.15) is 44.9 Å². The SMILES string of the molecule is CCC(=NC1=C(C=O)CN(C(C)C)CC1)N(C)Cc1cc(-c2cc(O)c(F)cc2C#N)on1. The molecule has 8 nitrogen and oxygen atoms in total. The van der Waals surface area contributed by atoms with Crippen molar-refractivity contribution in [3.8, 4) is 23.1 Å². The Morgan fingerprint density at radius 3 is 2.85 bits per heavy atom. The maximum atomic E-state index is 13.6. The Morgan fingerprint density at radius 1 is 1.45 bits per heavy atom. The van der Waals surface area contributed by atoms with Crippen LogP contribution in [0.2, 0.25) is 0 Å². The molecule has 0 amide bonds. The van der Waals surface area contributed by atoms with Crippen molar-refractivity contribution < 1.29 is 18.8 Å². The number of nitrogens with zero attached hydrogens (tertiary/aromatic N) is 5. The van der Waals surface area contributed by atoms with Crippen LogP contribution < -0.4 is 0 Å². The summed E-state index contributed by atoms with van der Waals surface area (Å²) in [5.41, 5.74) is 2.41. The van der Waals surface area contributed by atoms with Gasteiger partial charge < -0.3 is 14.5 Å². The third-order valence-corrected chi connectivity index (χ3v) is 5.70. The highest BCUT2D eigenvalue weighted by Crippen LogP contribution is 2.30. The molecule has 0 radical (unpaired) electrons. The van der Waals surface area contributed by atoms with Crippen molar-refractivity contribution in [1.82, 2.24) is 15.0 Å². The Hall–Kier alpha value is -3.51. The fourth-order valence-corrected chi connectivity index (χ4v) is 3.77. The van der Waals surface area contributed by atoms with Gasteiger partial charge in [0.2, 0.25) is 0 Å². The quantitative estimate of drug-likeness (QED) is 0.385. The standard InChI is InChI=1S/C24H28FN5O3/c1-5-24(27-21-6-7-30(15(2)3)12-17(21)14-31)29(4)13-18-9-23(33-28-18)19-10-22(32)20(25)8-16(19)11-26/h8-10,14-15,32H,5-7,12-13H2,1-4H3. The van der Waals surface area contributed by atoms with E-state index in [0.29, 0.717) is 43.2 Å². The predicted molar refractivity (Wildman–Crippen MR) is 122 cm³/mol. The Morgan fingerprint density at radius 2 is 2.21 bits per heavy atom. The molecule has 1 aromatic carbocycles. The minimum atomic E-state index is -0.873. The summed E-state index contributed by atoms with van der Waals surface area (Å²) in [6.45, 7) is 8.05. The van der Waals surface area contributed by atoms with Gasteiger partial charge in [-0.25, -0.2) is 9.38 Å². The van der Waals surface area contributed by atoms with Gasteiger partial charge in [0, 0.05) is 56.2 Å². The Kier molecular flexibility index (Phi) is 7.61. The summed E-state index contributed by atoms with van der Waals surface area (Å²) in [5.74, 6) is -0.375. The number of halogens is 1. The molecule has 9 heteroatoms. The zero-order valence-corrected chi connectivity index (χ0v) is 19.3. The normalized spacial score (nSPS) is 15.1. The molecule has 2 aromatic rings. The maximum absolute atomic E-state index is 13.6. The van der Waals surface area contributed by atoms with Gasteiger partial charge in [0.25, 0.3) is 0 Å². The van der Waals surface area contributed by atoms with E-state index in [1.165, 1.54) is 0 Å². The zero-order chi connectivity index (χ0) is 24.1. The van der Waals surface area contributed by atoms with Crippen LogP contribution in [-0.4, -0.2) is 58.4 Å². The van der Waals surface area contributed by atoms with Gasteiger partial charge in [-0.1, -0.05) is 12.1 Å². The molecule has 1 N–H and O–H groups in total. The van der Waals surface area contributed by atoms with E-state index < -0.39 is 11.6 Å². The second-order valence-corrected chi connectivity index (χ2v) is 8.29. The molecule has 0 saturated heterocycles. The summed E-state index contributed by atoms with van der Waals surface area (Å²) in [7, 11) is 1.88. The monoisotopic (exact) mass is 453 g/mol. The van der Waals surface area contributed by atoms with Crippen molar-refractivity contribution >= 4 is 12.1 Å². The number of hydrogen-bond donors (Lipinski definition) is 1. The molecule has 1 aliphatic heterocycles. The molecule has 0 fully saturated rings. The van der Waals surface area contributed by atoms with Crippen LogP contribution in [0.4, 0.5) is 4.39 Å². The molecule has 1 aromatic heterocycles. The van der Waals surface area contributed by atoms with Crippen LogP contribution in [0.3, 0.4) is 0 Å². The average Bonchev–Trinajstić information content (AvgIpc) is 3.26. The summed E-state index contributed by atoms with van der Waals surface area (Å²) in [6, 6.07) is 6.02. The first-order chi connectivity index (χ1) is 15.8. The molecule has 1 aliphatic rings. The van der Waals surface area contributed by atoms with Gasteiger partial charge in [-0.05, 0) is 26.0 Å². The lowest BCUT2D eigenvalue weighted by atomic mass is 10.0. The van der Waals surface area contributed by atoms with Crippen LogP contribution in [0, 0.1) is 17.1 Å². The van der Waals surface area contributed by atoms with Gasteiger partial charge in [-0.2, -0.15) is 5.26 Å². The first-order valence-electron chi connectivity index (χ1n) is 10.9. The molecule has 33 heavy (non-hydrogen) atoms. The Bertz CT molecular complexity index is 1130. The number of aromatic nitrogens is 1.